The fourth-order valence-electron chi connectivity index (χ4n) is 2.85. The second kappa shape index (κ2) is 5.49. The number of carbonyl (C=O) groups is 1. The average molecular weight is 310 g/mol. The van der Waals surface area contributed by atoms with E-state index in [1.807, 2.05) is 0 Å². The van der Waals surface area contributed by atoms with E-state index in [2.05, 4.69) is 5.32 Å². The van der Waals surface area contributed by atoms with Crippen molar-refractivity contribution in [3.63, 3.8) is 0 Å². The topological polar surface area (TPSA) is 75.7 Å². The number of rotatable bonds is 3. The SMILES string of the molecule is O=Cc1ccc(S(=O)(=O)N2CCC3(CC2)NCCO3)cc1. The predicted octanol–water partition coefficient (Wildman–Crippen LogP) is 0.600. The quantitative estimate of drug-likeness (QED) is 0.828. The molecule has 1 N–H and O–H groups in total. The van der Waals surface area contributed by atoms with E-state index < -0.39 is 10.0 Å². The van der Waals surface area contributed by atoms with Gasteiger partial charge in [-0.25, -0.2) is 8.42 Å². The van der Waals surface area contributed by atoms with Crippen LogP contribution in [0, 0.1) is 0 Å². The lowest BCUT2D eigenvalue weighted by Crippen LogP contribution is -2.52. The van der Waals surface area contributed by atoms with E-state index in [-0.39, 0.29) is 10.6 Å². The Balaban J connectivity index is 1.74. The molecule has 0 radical (unpaired) electrons. The number of aldehydes is 1. The molecule has 1 aromatic rings. The first-order chi connectivity index (χ1) is 10.1. The zero-order chi connectivity index (χ0) is 14.9. The summed E-state index contributed by atoms with van der Waals surface area (Å²) in [7, 11) is -3.50. The zero-order valence-electron chi connectivity index (χ0n) is 11.6. The first-order valence-corrected chi connectivity index (χ1v) is 8.44. The molecule has 6 nitrogen and oxygen atoms in total. The van der Waals surface area contributed by atoms with E-state index in [1.54, 1.807) is 0 Å². The molecule has 0 unspecified atom stereocenters. The molecular formula is C14H18N2O4S. The minimum atomic E-state index is -3.50. The lowest BCUT2D eigenvalue weighted by molar-refractivity contribution is -0.0445. The fourth-order valence-corrected chi connectivity index (χ4v) is 4.29. The predicted molar refractivity (Wildman–Crippen MR) is 76.5 cm³/mol. The Bertz CT molecular complexity index is 611. The molecule has 0 bridgehead atoms. The van der Waals surface area contributed by atoms with Crippen LogP contribution in [0.4, 0.5) is 0 Å². The Morgan fingerprint density at radius 3 is 2.38 bits per heavy atom. The largest absolute Gasteiger partial charge is 0.359 e. The average Bonchev–Trinajstić information content (AvgIpc) is 2.96. The van der Waals surface area contributed by atoms with Crippen molar-refractivity contribution < 1.29 is 17.9 Å². The Hall–Kier alpha value is -1.28. The molecule has 2 aliphatic heterocycles. The van der Waals surface area contributed by atoms with Gasteiger partial charge in [-0.3, -0.25) is 10.1 Å². The van der Waals surface area contributed by atoms with Crippen molar-refractivity contribution in [2.45, 2.75) is 23.5 Å². The standard InChI is InChI=1S/C14H18N2O4S/c17-11-12-1-3-13(4-2-12)21(18,19)16-8-5-14(6-9-16)15-7-10-20-14/h1-4,11,15H,5-10H2. The highest BCUT2D eigenvalue weighted by molar-refractivity contribution is 7.89. The van der Waals surface area contributed by atoms with Crippen LogP contribution in [-0.4, -0.2) is 51.0 Å². The summed E-state index contributed by atoms with van der Waals surface area (Å²) in [6.07, 6.45) is 2.00. The molecule has 2 aliphatic rings. The van der Waals surface area contributed by atoms with Crippen LogP contribution in [0.3, 0.4) is 0 Å². The van der Waals surface area contributed by atoms with Crippen LogP contribution in [-0.2, 0) is 14.8 Å². The van der Waals surface area contributed by atoms with Crippen molar-refractivity contribution in [2.24, 2.45) is 0 Å². The van der Waals surface area contributed by atoms with Crippen LogP contribution in [0.25, 0.3) is 0 Å². The van der Waals surface area contributed by atoms with Gasteiger partial charge in [0.1, 0.15) is 12.0 Å². The third-order valence-corrected chi connectivity index (χ3v) is 6.02. The summed E-state index contributed by atoms with van der Waals surface area (Å²) >= 11 is 0. The van der Waals surface area contributed by atoms with Crippen molar-refractivity contribution >= 4 is 16.3 Å². The Labute approximate surface area is 124 Å². The fraction of sp³-hybridized carbons (Fsp3) is 0.500. The summed E-state index contributed by atoms with van der Waals surface area (Å²) in [5.74, 6) is 0. The van der Waals surface area contributed by atoms with Gasteiger partial charge in [0.05, 0.1) is 11.5 Å². The van der Waals surface area contributed by atoms with Gasteiger partial charge in [0, 0.05) is 38.0 Å². The van der Waals surface area contributed by atoms with Crippen LogP contribution in [0.15, 0.2) is 29.2 Å². The van der Waals surface area contributed by atoms with Gasteiger partial charge in [0.25, 0.3) is 0 Å². The van der Waals surface area contributed by atoms with Crippen molar-refractivity contribution in [1.82, 2.24) is 9.62 Å². The van der Waals surface area contributed by atoms with Crippen molar-refractivity contribution in [2.75, 3.05) is 26.2 Å². The van der Waals surface area contributed by atoms with Gasteiger partial charge >= 0.3 is 0 Å². The van der Waals surface area contributed by atoms with Crippen molar-refractivity contribution in [3.05, 3.63) is 29.8 Å². The first-order valence-electron chi connectivity index (χ1n) is 7.00. The van der Waals surface area contributed by atoms with E-state index in [0.717, 1.165) is 6.54 Å². The van der Waals surface area contributed by atoms with Crippen molar-refractivity contribution in [1.29, 1.82) is 0 Å². The number of hydrogen-bond acceptors (Lipinski definition) is 5. The van der Waals surface area contributed by atoms with Gasteiger partial charge < -0.3 is 4.74 Å². The second-order valence-corrected chi connectivity index (χ2v) is 7.30. The van der Waals surface area contributed by atoms with Gasteiger partial charge in [-0.2, -0.15) is 4.31 Å². The van der Waals surface area contributed by atoms with Gasteiger partial charge in [0.15, 0.2) is 0 Å². The maximum absolute atomic E-state index is 12.6. The number of nitrogens with one attached hydrogen (secondary N) is 1. The first kappa shape index (κ1) is 14.6. The van der Waals surface area contributed by atoms with Gasteiger partial charge in [-0.05, 0) is 12.1 Å². The molecule has 21 heavy (non-hydrogen) atoms. The lowest BCUT2D eigenvalue weighted by Gasteiger charge is -2.37. The van der Waals surface area contributed by atoms with E-state index in [4.69, 9.17) is 4.74 Å². The Morgan fingerprint density at radius 2 is 1.86 bits per heavy atom. The lowest BCUT2D eigenvalue weighted by atomic mass is 10.0. The van der Waals surface area contributed by atoms with Gasteiger partial charge in [-0.15, -0.1) is 0 Å². The maximum Gasteiger partial charge on any atom is 0.243 e. The van der Waals surface area contributed by atoms with Crippen LogP contribution in [0.5, 0.6) is 0 Å². The molecule has 2 heterocycles. The number of hydrogen-bond donors (Lipinski definition) is 1. The van der Waals surface area contributed by atoms with Crippen LogP contribution in [0.2, 0.25) is 0 Å². The zero-order valence-corrected chi connectivity index (χ0v) is 12.4. The molecule has 114 valence electrons. The summed E-state index contributed by atoms with van der Waals surface area (Å²) < 4.78 is 32.3. The van der Waals surface area contributed by atoms with E-state index in [1.165, 1.54) is 28.6 Å². The number of nitrogens with zero attached hydrogens (tertiary/aromatic N) is 1. The molecule has 0 amide bonds. The van der Waals surface area contributed by atoms with Crippen LogP contribution >= 0.6 is 0 Å². The highest BCUT2D eigenvalue weighted by Gasteiger charge is 2.41. The Morgan fingerprint density at radius 1 is 1.19 bits per heavy atom. The maximum atomic E-state index is 12.6. The number of carbonyl (C=O) groups excluding carboxylic acids is 1. The van der Waals surface area contributed by atoms with Crippen molar-refractivity contribution in [3.8, 4) is 0 Å². The summed E-state index contributed by atoms with van der Waals surface area (Å²) in [5, 5.41) is 3.32. The molecule has 1 spiro atoms. The molecule has 2 fully saturated rings. The van der Waals surface area contributed by atoms with Gasteiger partial charge in [0.2, 0.25) is 10.0 Å². The molecule has 3 rings (SSSR count). The number of ether oxygens (including phenoxy) is 1. The van der Waals surface area contributed by atoms with Crippen LogP contribution < -0.4 is 5.32 Å². The third-order valence-electron chi connectivity index (χ3n) is 4.11. The highest BCUT2D eigenvalue weighted by atomic mass is 32.2. The van der Waals surface area contributed by atoms with Gasteiger partial charge in [-0.1, -0.05) is 12.1 Å². The summed E-state index contributed by atoms with van der Waals surface area (Å²) in [6.45, 7) is 2.37. The summed E-state index contributed by atoms with van der Waals surface area (Å²) in [5.41, 5.74) is 0.128. The molecule has 0 atom stereocenters. The third kappa shape index (κ3) is 2.74. The van der Waals surface area contributed by atoms with E-state index >= 15 is 0 Å². The monoisotopic (exact) mass is 310 g/mol. The number of benzene rings is 1. The molecule has 0 saturated carbocycles. The Kier molecular flexibility index (Phi) is 3.83. The number of piperidine rings is 1. The molecule has 0 aliphatic carbocycles. The normalized spacial score (nSPS) is 22.5. The summed E-state index contributed by atoms with van der Waals surface area (Å²) in [6, 6.07) is 6.00. The smallest absolute Gasteiger partial charge is 0.243 e. The molecule has 7 heteroatoms. The number of sulfonamides is 1. The second-order valence-electron chi connectivity index (χ2n) is 5.36. The minimum Gasteiger partial charge on any atom is -0.359 e. The molecule has 1 aromatic carbocycles. The van der Waals surface area contributed by atoms with Crippen LogP contribution in [0.1, 0.15) is 23.2 Å². The highest BCUT2D eigenvalue weighted by Crippen LogP contribution is 2.29. The molecular weight excluding hydrogens is 292 g/mol. The van der Waals surface area contributed by atoms with E-state index in [9.17, 15) is 13.2 Å². The van der Waals surface area contributed by atoms with E-state index in [0.29, 0.717) is 44.4 Å². The molecule has 0 aromatic heterocycles. The summed E-state index contributed by atoms with van der Waals surface area (Å²) in [4.78, 5) is 10.9. The minimum absolute atomic E-state index is 0.226. The molecule has 2 saturated heterocycles.